The van der Waals surface area contributed by atoms with E-state index in [9.17, 15) is 4.79 Å². The molecule has 2 rings (SSSR count). The summed E-state index contributed by atoms with van der Waals surface area (Å²) in [6, 6.07) is 0. The molecule has 1 aliphatic heterocycles. The molecule has 1 heterocycles. The van der Waals surface area contributed by atoms with Gasteiger partial charge in [0.15, 0.2) is 0 Å². The highest BCUT2D eigenvalue weighted by molar-refractivity contribution is 5.77. The van der Waals surface area contributed by atoms with Gasteiger partial charge in [-0.1, -0.05) is 0 Å². The fraction of sp³-hybridized carbons (Fsp3) is 0.909. The van der Waals surface area contributed by atoms with Crippen LogP contribution in [0.5, 0.6) is 0 Å². The fourth-order valence-corrected chi connectivity index (χ4v) is 2.02. The molecule has 0 spiro atoms. The summed E-state index contributed by atoms with van der Waals surface area (Å²) < 4.78 is 10.7. The van der Waals surface area contributed by atoms with E-state index in [2.05, 4.69) is 0 Å². The van der Waals surface area contributed by atoms with Crippen LogP contribution in [-0.2, 0) is 14.3 Å². The van der Waals surface area contributed by atoms with Gasteiger partial charge in [-0.3, -0.25) is 4.79 Å². The quantitative estimate of drug-likeness (QED) is 0.706. The molecule has 0 unspecified atom stereocenters. The first-order valence-corrected chi connectivity index (χ1v) is 5.76. The molecule has 2 fully saturated rings. The molecule has 0 amide bonds. The average molecular weight is 213 g/mol. The predicted octanol–water partition coefficient (Wildman–Crippen LogP) is 0.838. The van der Waals surface area contributed by atoms with Gasteiger partial charge in [0.1, 0.15) is 6.10 Å². The van der Waals surface area contributed by atoms with E-state index in [-0.39, 0.29) is 12.1 Å². The van der Waals surface area contributed by atoms with Crippen LogP contribution < -0.4 is 5.73 Å². The summed E-state index contributed by atoms with van der Waals surface area (Å²) in [6.07, 6.45) is 4.77. The van der Waals surface area contributed by atoms with Crippen LogP contribution >= 0.6 is 0 Å². The van der Waals surface area contributed by atoms with Gasteiger partial charge in [0.25, 0.3) is 0 Å². The Bertz CT molecular complexity index is 232. The zero-order valence-corrected chi connectivity index (χ0v) is 9.04. The van der Waals surface area contributed by atoms with Gasteiger partial charge in [-0.05, 0) is 32.1 Å². The molecule has 2 aliphatic rings. The number of hydrogen-bond donors (Lipinski definition) is 1. The molecular weight excluding hydrogens is 194 g/mol. The van der Waals surface area contributed by atoms with E-state index in [0.717, 1.165) is 12.8 Å². The molecule has 86 valence electrons. The lowest BCUT2D eigenvalue weighted by Gasteiger charge is -2.36. The van der Waals surface area contributed by atoms with Crippen molar-refractivity contribution >= 4 is 5.97 Å². The molecule has 1 saturated heterocycles. The molecule has 0 bridgehead atoms. The second-order valence-electron chi connectivity index (χ2n) is 4.56. The van der Waals surface area contributed by atoms with Gasteiger partial charge in [0, 0.05) is 19.8 Å². The van der Waals surface area contributed by atoms with Crippen molar-refractivity contribution in [2.75, 3.05) is 19.8 Å². The maximum Gasteiger partial charge on any atom is 0.313 e. The Morgan fingerprint density at radius 2 is 2.07 bits per heavy atom. The van der Waals surface area contributed by atoms with E-state index in [1.165, 1.54) is 6.42 Å². The Morgan fingerprint density at radius 3 is 2.53 bits per heavy atom. The highest BCUT2D eigenvalue weighted by Crippen LogP contribution is 2.33. The van der Waals surface area contributed by atoms with Gasteiger partial charge < -0.3 is 15.2 Å². The third kappa shape index (κ3) is 2.16. The normalized spacial score (nSPS) is 25.7. The first kappa shape index (κ1) is 10.9. The van der Waals surface area contributed by atoms with Crippen LogP contribution in [0.25, 0.3) is 0 Å². The van der Waals surface area contributed by atoms with Gasteiger partial charge in [-0.25, -0.2) is 0 Å². The summed E-state index contributed by atoms with van der Waals surface area (Å²) in [6.45, 7) is 1.62. The minimum Gasteiger partial charge on any atom is -0.462 e. The second kappa shape index (κ2) is 4.49. The number of ether oxygens (including phenoxy) is 2. The van der Waals surface area contributed by atoms with E-state index in [1.807, 2.05) is 0 Å². The van der Waals surface area contributed by atoms with E-state index in [0.29, 0.717) is 32.6 Å². The van der Waals surface area contributed by atoms with E-state index >= 15 is 0 Å². The Labute approximate surface area is 90.1 Å². The summed E-state index contributed by atoms with van der Waals surface area (Å²) in [7, 11) is 0. The second-order valence-corrected chi connectivity index (χ2v) is 4.56. The van der Waals surface area contributed by atoms with Crippen molar-refractivity contribution in [3.05, 3.63) is 0 Å². The molecule has 15 heavy (non-hydrogen) atoms. The lowest BCUT2D eigenvalue weighted by molar-refractivity contribution is -0.170. The van der Waals surface area contributed by atoms with Crippen molar-refractivity contribution in [3.8, 4) is 0 Å². The Kier molecular flexibility index (Phi) is 3.26. The minimum atomic E-state index is -0.464. The smallest absolute Gasteiger partial charge is 0.313 e. The highest BCUT2D eigenvalue weighted by Gasteiger charge is 2.41. The maximum absolute atomic E-state index is 12.0. The third-order valence-electron chi connectivity index (χ3n) is 3.60. The molecule has 4 heteroatoms. The van der Waals surface area contributed by atoms with Crippen LogP contribution in [0.4, 0.5) is 0 Å². The Balaban J connectivity index is 1.93. The summed E-state index contributed by atoms with van der Waals surface area (Å²) >= 11 is 0. The average Bonchev–Trinajstić information content (AvgIpc) is 2.24. The van der Waals surface area contributed by atoms with Gasteiger partial charge in [-0.15, -0.1) is 0 Å². The molecule has 0 aromatic rings. The number of hydrogen-bond acceptors (Lipinski definition) is 4. The zero-order chi connectivity index (χ0) is 10.7. The van der Waals surface area contributed by atoms with Crippen molar-refractivity contribution < 1.29 is 14.3 Å². The maximum atomic E-state index is 12.0. The molecular formula is C11H19NO3. The molecule has 2 N–H and O–H groups in total. The molecule has 1 aliphatic carbocycles. The molecule has 0 aromatic carbocycles. The minimum absolute atomic E-state index is 0.0991. The molecule has 0 aromatic heterocycles. The Morgan fingerprint density at radius 1 is 1.40 bits per heavy atom. The van der Waals surface area contributed by atoms with Gasteiger partial charge in [0.2, 0.25) is 0 Å². The summed E-state index contributed by atoms with van der Waals surface area (Å²) in [5, 5.41) is 0. The van der Waals surface area contributed by atoms with Gasteiger partial charge >= 0.3 is 5.97 Å². The summed E-state index contributed by atoms with van der Waals surface area (Å²) in [5.74, 6) is -0.0991. The van der Waals surface area contributed by atoms with Crippen molar-refractivity contribution in [1.29, 1.82) is 0 Å². The number of nitrogens with two attached hydrogens (primary N) is 1. The van der Waals surface area contributed by atoms with Crippen LogP contribution in [0.2, 0.25) is 0 Å². The number of esters is 1. The van der Waals surface area contributed by atoms with Crippen LogP contribution in [-0.4, -0.2) is 31.8 Å². The molecule has 4 nitrogen and oxygen atoms in total. The molecule has 1 saturated carbocycles. The van der Waals surface area contributed by atoms with Crippen molar-refractivity contribution in [3.63, 3.8) is 0 Å². The van der Waals surface area contributed by atoms with Crippen molar-refractivity contribution in [2.45, 2.75) is 38.2 Å². The molecule has 0 radical (unpaired) electrons. The highest BCUT2D eigenvalue weighted by atomic mass is 16.5. The van der Waals surface area contributed by atoms with Crippen LogP contribution in [0, 0.1) is 5.41 Å². The summed E-state index contributed by atoms with van der Waals surface area (Å²) in [5.41, 5.74) is 5.25. The predicted molar refractivity (Wildman–Crippen MR) is 55.3 cm³/mol. The first-order valence-electron chi connectivity index (χ1n) is 5.76. The topological polar surface area (TPSA) is 61.6 Å². The van der Waals surface area contributed by atoms with Crippen LogP contribution in [0.15, 0.2) is 0 Å². The van der Waals surface area contributed by atoms with E-state index < -0.39 is 5.41 Å². The van der Waals surface area contributed by atoms with Crippen LogP contribution in [0.3, 0.4) is 0 Å². The van der Waals surface area contributed by atoms with Gasteiger partial charge in [-0.2, -0.15) is 0 Å². The molecule has 0 atom stereocenters. The van der Waals surface area contributed by atoms with Gasteiger partial charge in [0.05, 0.1) is 5.41 Å². The monoisotopic (exact) mass is 213 g/mol. The lowest BCUT2D eigenvalue weighted by Crippen LogP contribution is -2.46. The summed E-state index contributed by atoms with van der Waals surface area (Å²) in [4.78, 5) is 12.0. The standard InChI is InChI=1S/C11H19NO3/c12-8-11(4-6-14-7-5-11)10(13)15-9-2-1-3-9/h9H,1-8,12H2. The van der Waals surface area contributed by atoms with E-state index in [1.54, 1.807) is 0 Å². The SMILES string of the molecule is NCC1(C(=O)OC2CCC2)CCOCC1. The number of carbonyl (C=O) groups is 1. The fourth-order valence-electron chi connectivity index (χ4n) is 2.02. The van der Waals surface area contributed by atoms with Crippen molar-refractivity contribution in [1.82, 2.24) is 0 Å². The van der Waals surface area contributed by atoms with Crippen molar-refractivity contribution in [2.24, 2.45) is 11.1 Å². The largest absolute Gasteiger partial charge is 0.462 e. The zero-order valence-electron chi connectivity index (χ0n) is 9.04. The lowest BCUT2D eigenvalue weighted by atomic mass is 9.80. The van der Waals surface area contributed by atoms with E-state index in [4.69, 9.17) is 15.2 Å². The number of rotatable bonds is 3. The van der Waals surface area contributed by atoms with Crippen LogP contribution in [0.1, 0.15) is 32.1 Å². The first-order chi connectivity index (χ1) is 7.27. The Hall–Kier alpha value is -0.610. The number of carbonyl (C=O) groups excluding carboxylic acids is 1. The third-order valence-corrected chi connectivity index (χ3v) is 3.60.